The predicted octanol–water partition coefficient (Wildman–Crippen LogP) is 5.60. The van der Waals surface area contributed by atoms with Crippen LogP contribution >= 0.6 is 15.9 Å². The van der Waals surface area contributed by atoms with Crippen LogP contribution in [0.15, 0.2) is 47.0 Å². The summed E-state index contributed by atoms with van der Waals surface area (Å²) >= 11 is 3.64. The quantitative estimate of drug-likeness (QED) is 0.681. The molecule has 1 aliphatic heterocycles. The largest absolute Gasteiger partial charge is 0.493 e. The van der Waals surface area contributed by atoms with Gasteiger partial charge in [-0.2, -0.15) is 0 Å². The lowest BCUT2D eigenvalue weighted by Crippen LogP contribution is -2.29. The lowest BCUT2D eigenvalue weighted by molar-refractivity contribution is 0.351. The van der Waals surface area contributed by atoms with Crippen LogP contribution in [-0.2, 0) is 0 Å². The number of rotatable bonds is 3. The highest BCUT2D eigenvalue weighted by Crippen LogP contribution is 2.51. The van der Waals surface area contributed by atoms with Crippen LogP contribution in [0.2, 0.25) is 0 Å². The average molecular weight is 400 g/mol. The van der Waals surface area contributed by atoms with E-state index in [4.69, 9.17) is 9.47 Å². The standard InChI is InChI=1S/C21H22BrNO2/c1-12-6-4-8-15-14-7-5-9-16(14)20(23-19(12)15)13-10-17(22)21(25-3)18(11-13)24-2/h4-8,10-11,14,16,20,23H,9H2,1-3H3/t14-,16+,20+/m1/s1. The monoisotopic (exact) mass is 399 g/mol. The van der Waals surface area contributed by atoms with Crippen molar-refractivity contribution in [3.63, 3.8) is 0 Å². The first kappa shape index (κ1) is 16.5. The van der Waals surface area contributed by atoms with Gasteiger partial charge in [-0.05, 0) is 64.0 Å². The summed E-state index contributed by atoms with van der Waals surface area (Å²) in [6, 6.07) is 11.1. The van der Waals surface area contributed by atoms with E-state index in [9.17, 15) is 0 Å². The number of methoxy groups -OCH3 is 2. The summed E-state index contributed by atoms with van der Waals surface area (Å²) in [6.45, 7) is 2.17. The van der Waals surface area contributed by atoms with E-state index in [1.54, 1.807) is 14.2 Å². The van der Waals surface area contributed by atoms with Crippen molar-refractivity contribution in [2.24, 2.45) is 5.92 Å². The van der Waals surface area contributed by atoms with Gasteiger partial charge in [-0.3, -0.25) is 0 Å². The van der Waals surface area contributed by atoms with Crippen molar-refractivity contribution < 1.29 is 9.47 Å². The minimum atomic E-state index is 0.240. The van der Waals surface area contributed by atoms with Gasteiger partial charge in [0.1, 0.15) is 0 Å². The Balaban J connectivity index is 1.82. The molecule has 0 unspecified atom stereocenters. The Morgan fingerprint density at radius 3 is 2.76 bits per heavy atom. The Hall–Kier alpha value is -1.94. The Kier molecular flexibility index (Phi) is 4.24. The molecule has 0 amide bonds. The first-order chi connectivity index (χ1) is 12.1. The summed E-state index contributed by atoms with van der Waals surface area (Å²) in [5, 5.41) is 3.81. The number of allylic oxidation sites excluding steroid dienone is 2. The lowest BCUT2D eigenvalue weighted by Gasteiger charge is -2.38. The molecule has 2 aromatic carbocycles. The van der Waals surface area contributed by atoms with Crippen LogP contribution in [0.4, 0.5) is 5.69 Å². The molecular formula is C21H22BrNO2. The Bertz CT molecular complexity index is 846. The molecule has 0 saturated heterocycles. The fourth-order valence-corrected chi connectivity index (χ4v) is 4.85. The SMILES string of the molecule is COc1cc([C@@H]2Nc3c(C)cccc3[C@H]3C=CC[C@@H]32)cc(Br)c1OC. The van der Waals surface area contributed by atoms with Gasteiger partial charge in [-0.15, -0.1) is 0 Å². The summed E-state index contributed by atoms with van der Waals surface area (Å²) in [5.41, 5.74) is 5.19. The third-order valence-corrected chi connectivity index (χ3v) is 6.01. The molecule has 4 heteroatoms. The van der Waals surface area contributed by atoms with E-state index in [1.807, 2.05) is 0 Å². The maximum Gasteiger partial charge on any atom is 0.174 e. The number of anilines is 1. The van der Waals surface area contributed by atoms with Gasteiger partial charge < -0.3 is 14.8 Å². The van der Waals surface area contributed by atoms with E-state index in [1.165, 1.54) is 22.4 Å². The van der Waals surface area contributed by atoms with E-state index in [0.29, 0.717) is 11.8 Å². The van der Waals surface area contributed by atoms with Crippen LogP contribution in [-0.4, -0.2) is 14.2 Å². The summed E-state index contributed by atoms with van der Waals surface area (Å²) in [7, 11) is 3.35. The zero-order valence-electron chi connectivity index (χ0n) is 14.7. The van der Waals surface area contributed by atoms with Gasteiger partial charge in [-0.1, -0.05) is 30.4 Å². The number of benzene rings is 2. The Morgan fingerprint density at radius 1 is 1.16 bits per heavy atom. The molecule has 1 heterocycles. The molecule has 130 valence electrons. The average Bonchev–Trinajstić information content (AvgIpc) is 3.10. The number of ether oxygens (including phenoxy) is 2. The van der Waals surface area contributed by atoms with E-state index in [2.05, 4.69) is 70.7 Å². The molecule has 0 saturated carbocycles. The number of hydrogen-bond donors (Lipinski definition) is 1. The van der Waals surface area contributed by atoms with Crippen molar-refractivity contribution in [1.29, 1.82) is 0 Å². The molecule has 0 bridgehead atoms. The first-order valence-corrected chi connectivity index (χ1v) is 9.37. The zero-order chi connectivity index (χ0) is 17.6. The summed E-state index contributed by atoms with van der Waals surface area (Å²) in [4.78, 5) is 0. The molecule has 0 fully saturated rings. The number of halogens is 1. The third-order valence-electron chi connectivity index (χ3n) is 5.42. The minimum absolute atomic E-state index is 0.240. The normalized spacial score (nSPS) is 23.6. The van der Waals surface area contributed by atoms with E-state index >= 15 is 0 Å². The molecule has 25 heavy (non-hydrogen) atoms. The van der Waals surface area contributed by atoms with Crippen molar-refractivity contribution in [2.45, 2.75) is 25.3 Å². The number of para-hydroxylation sites is 1. The molecule has 0 radical (unpaired) electrons. The zero-order valence-corrected chi connectivity index (χ0v) is 16.3. The molecule has 3 nitrogen and oxygen atoms in total. The predicted molar refractivity (Wildman–Crippen MR) is 105 cm³/mol. The van der Waals surface area contributed by atoms with Crippen molar-refractivity contribution in [3.05, 3.63) is 63.6 Å². The number of nitrogens with one attached hydrogen (secondary N) is 1. The van der Waals surface area contributed by atoms with Crippen LogP contribution in [0.25, 0.3) is 0 Å². The molecule has 2 aromatic rings. The third kappa shape index (κ3) is 2.63. The van der Waals surface area contributed by atoms with Gasteiger partial charge in [0.15, 0.2) is 11.5 Å². The smallest absolute Gasteiger partial charge is 0.174 e. The fourth-order valence-electron chi connectivity index (χ4n) is 4.23. The van der Waals surface area contributed by atoms with E-state index < -0.39 is 0 Å². The molecule has 0 aromatic heterocycles. The van der Waals surface area contributed by atoms with Gasteiger partial charge in [0.2, 0.25) is 0 Å². The summed E-state index contributed by atoms with van der Waals surface area (Å²) < 4.78 is 11.9. The summed E-state index contributed by atoms with van der Waals surface area (Å²) in [5.74, 6) is 2.47. The van der Waals surface area contributed by atoms with Gasteiger partial charge in [0, 0.05) is 11.6 Å². The van der Waals surface area contributed by atoms with Crippen LogP contribution in [0.3, 0.4) is 0 Å². The van der Waals surface area contributed by atoms with E-state index in [0.717, 1.165) is 22.4 Å². The molecule has 3 atom stereocenters. The van der Waals surface area contributed by atoms with Crippen molar-refractivity contribution >= 4 is 21.6 Å². The molecule has 4 rings (SSSR count). The van der Waals surface area contributed by atoms with Crippen LogP contribution in [0, 0.1) is 12.8 Å². The lowest BCUT2D eigenvalue weighted by atomic mass is 9.76. The highest BCUT2D eigenvalue weighted by atomic mass is 79.9. The molecule has 1 N–H and O–H groups in total. The maximum atomic E-state index is 5.55. The second kappa shape index (κ2) is 6.41. The van der Waals surface area contributed by atoms with Gasteiger partial charge in [0.05, 0.1) is 24.7 Å². The Morgan fingerprint density at radius 2 is 2.00 bits per heavy atom. The highest BCUT2D eigenvalue weighted by molar-refractivity contribution is 9.10. The maximum absolute atomic E-state index is 5.55. The van der Waals surface area contributed by atoms with Crippen LogP contribution in [0.1, 0.15) is 35.1 Å². The summed E-state index contributed by atoms with van der Waals surface area (Å²) in [6.07, 6.45) is 5.77. The molecule has 1 aliphatic carbocycles. The van der Waals surface area contributed by atoms with Gasteiger partial charge in [-0.25, -0.2) is 0 Å². The molecule has 0 spiro atoms. The van der Waals surface area contributed by atoms with Crippen molar-refractivity contribution in [2.75, 3.05) is 19.5 Å². The molecular weight excluding hydrogens is 378 g/mol. The second-order valence-corrected chi connectivity index (χ2v) is 7.61. The van der Waals surface area contributed by atoms with E-state index in [-0.39, 0.29) is 6.04 Å². The van der Waals surface area contributed by atoms with Crippen LogP contribution in [0.5, 0.6) is 11.5 Å². The topological polar surface area (TPSA) is 30.5 Å². The van der Waals surface area contributed by atoms with Crippen LogP contribution < -0.4 is 14.8 Å². The Labute approximate surface area is 157 Å². The number of hydrogen-bond acceptors (Lipinski definition) is 3. The first-order valence-electron chi connectivity index (χ1n) is 8.58. The highest BCUT2D eigenvalue weighted by Gasteiger charge is 2.38. The number of aryl methyl sites for hydroxylation is 1. The van der Waals surface area contributed by atoms with Crippen molar-refractivity contribution in [1.82, 2.24) is 0 Å². The number of fused-ring (bicyclic) bond motifs is 3. The van der Waals surface area contributed by atoms with Gasteiger partial charge >= 0.3 is 0 Å². The second-order valence-electron chi connectivity index (χ2n) is 6.75. The van der Waals surface area contributed by atoms with Gasteiger partial charge in [0.25, 0.3) is 0 Å². The molecule has 2 aliphatic rings. The van der Waals surface area contributed by atoms with Crippen molar-refractivity contribution in [3.8, 4) is 11.5 Å². The minimum Gasteiger partial charge on any atom is -0.493 e. The fraction of sp³-hybridized carbons (Fsp3) is 0.333.